The average molecular weight is 374 g/mol. The highest BCUT2D eigenvalue weighted by molar-refractivity contribution is 5.89. The molecule has 144 valence electrons. The molecule has 1 aromatic rings. The SMILES string of the molecule is COC(=O)[NH+]1CC2CC2(c2ccc(N3C[C@H](CNC(C)=O)OC3=O)cc2)C1. The largest absolute Gasteiger partial charge is 0.514 e. The summed E-state index contributed by atoms with van der Waals surface area (Å²) in [5, 5.41) is 2.67. The molecule has 1 saturated carbocycles. The van der Waals surface area contributed by atoms with E-state index in [1.165, 1.54) is 19.6 Å². The number of carbonyl (C=O) groups is 3. The highest BCUT2D eigenvalue weighted by Gasteiger charge is 2.65. The summed E-state index contributed by atoms with van der Waals surface area (Å²) < 4.78 is 10.2. The molecule has 4 atom stereocenters. The van der Waals surface area contributed by atoms with E-state index < -0.39 is 6.09 Å². The van der Waals surface area contributed by atoms with Crippen molar-refractivity contribution in [3.05, 3.63) is 29.8 Å². The van der Waals surface area contributed by atoms with Gasteiger partial charge in [0.1, 0.15) is 6.10 Å². The van der Waals surface area contributed by atoms with Gasteiger partial charge in [0.15, 0.2) is 0 Å². The second kappa shape index (κ2) is 6.53. The van der Waals surface area contributed by atoms with Crippen molar-refractivity contribution in [2.24, 2.45) is 5.92 Å². The van der Waals surface area contributed by atoms with Crippen molar-refractivity contribution < 1.29 is 28.8 Å². The predicted molar refractivity (Wildman–Crippen MR) is 95.6 cm³/mol. The van der Waals surface area contributed by atoms with Crippen LogP contribution in [0, 0.1) is 5.92 Å². The molecule has 3 fully saturated rings. The fraction of sp³-hybridized carbons (Fsp3) is 0.526. The molecule has 0 spiro atoms. The zero-order valence-electron chi connectivity index (χ0n) is 15.5. The molecule has 2 saturated heterocycles. The van der Waals surface area contributed by atoms with Crippen molar-refractivity contribution in [3.63, 3.8) is 0 Å². The van der Waals surface area contributed by atoms with Crippen LogP contribution in [0.3, 0.4) is 0 Å². The number of anilines is 1. The first-order valence-electron chi connectivity index (χ1n) is 9.19. The zero-order chi connectivity index (χ0) is 19.2. The minimum atomic E-state index is -0.400. The topological polar surface area (TPSA) is 89.4 Å². The first-order chi connectivity index (χ1) is 12.9. The molecule has 1 aromatic carbocycles. The second-order valence-corrected chi connectivity index (χ2v) is 7.63. The Hall–Kier alpha value is -2.61. The molecule has 2 heterocycles. The number of nitrogens with one attached hydrogen (secondary N) is 2. The Balaban J connectivity index is 1.42. The van der Waals surface area contributed by atoms with Crippen LogP contribution in [0.25, 0.3) is 0 Å². The van der Waals surface area contributed by atoms with E-state index >= 15 is 0 Å². The van der Waals surface area contributed by atoms with Crippen LogP contribution in [-0.2, 0) is 19.7 Å². The lowest BCUT2D eigenvalue weighted by atomic mass is 9.95. The first-order valence-corrected chi connectivity index (χ1v) is 9.19. The number of amides is 3. The van der Waals surface area contributed by atoms with Gasteiger partial charge >= 0.3 is 12.2 Å². The number of nitrogens with zero attached hydrogens (tertiary/aromatic N) is 1. The van der Waals surface area contributed by atoms with Crippen LogP contribution in [0.15, 0.2) is 24.3 Å². The van der Waals surface area contributed by atoms with Gasteiger partial charge in [-0.25, -0.2) is 9.69 Å². The third-order valence-electron chi connectivity index (χ3n) is 5.93. The molecular formula is C19H24N3O5+. The predicted octanol–water partition coefficient (Wildman–Crippen LogP) is 0.0705. The molecule has 2 N–H and O–H groups in total. The van der Waals surface area contributed by atoms with Crippen LogP contribution in [0.1, 0.15) is 18.9 Å². The van der Waals surface area contributed by atoms with Crippen LogP contribution >= 0.6 is 0 Å². The molecule has 0 aromatic heterocycles. The smallest absolute Gasteiger partial charge is 0.442 e. The van der Waals surface area contributed by atoms with Crippen molar-refractivity contribution >= 4 is 23.8 Å². The van der Waals surface area contributed by atoms with Gasteiger partial charge in [-0.3, -0.25) is 9.69 Å². The standard InChI is InChI=1S/C19H23N3O5/c1-12(23)20-8-16-10-22(18(25)27-16)15-5-3-13(4-6-15)19-7-14(19)9-21(11-19)17(24)26-2/h3-6,14,16H,7-11H2,1-2H3,(H,20,23)/p+1/t14?,16-,19?/m0/s1. The number of cyclic esters (lactones) is 1. The molecular weight excluding hydrogens is 350 g/mol. The molecule has 3 aliphatic rings. The van der Waals surface area contributed by atoms with Gasteiger partial charge in [0.2, 0.25) is 5.91 Å². The summed E-state index contributed by atoms with van der Waals surface area (Å²) >= 11 is 0. The number of hydrogen-bond donors (Lipinski definition) is 2. The summed E-state index contributed by atoms with van der Waals surface area (Å²) in [6, 6.07) is 7.95. The lowest BCUT2D eigenvalue weighted by Crippen LogP contribution is -3.14. The number of methoxy groups -OCH3 is 1. The molecule has 4 rings (SSSR count). The number of carbonyl (C=O) groups excluding carboxylic acids is 3. The van der Waals surface area contributed by atoms with Gasteiger partial charge in [-0.15, -0.1) is 0 Å². The Morgan fingerprint density at radius 1 is 1.37 bits per heavy atom. The lowest BCUT2D eigenvalue weighted by molar-refractivity contribution is -0.816. The van der Waals surface area contributed by atoms with Gasteiger partial charge < -0.3 is 14.8 Å². The summed E-state index contributed by atoms with van der Waals surface area (Å²) in [7, 11) is 1.43. The summed E-state index contributed by atoms with van der Waals surface area (Å²) in [5.41, 5.74) is 2.04. The van der Waals surface area contributed by atoms with Gasteiger partial charge in [-0.2, -0.15) is 4.79 Å². The van der Waals surface area contributed by atoms with Crippen molar-refractivity contribution in [2.45, 2.75) is 24.9 Å². The van der Waals surface area contributed by atoms with E-state index in [9.17, 15) is 14.4 Å². The van der Waals surface area contributed by atoms with E-state index in [1.807, 2.05) is 24.3 Å². The number of piperidine rings is 1. The Kier molecular flexibility index (Phi) is 4.30. The normalized spacial score (nSPS) is 31.3. The van der Waals surface area contributed by atoms with E-state index in [4.69, 9.17) is 9.47 Å². The van der Waals surface area contributed by atoms with Crippen LogP contribution in [0.5, 0.6) is 0 Å². The molecule has 8 heteroatoms. The van der Waals surface area contributed by atoms with Gasteiger partial charge in [-0.1, -0.05) is 12.1 Å². The molecule has 27 heavy (non-hydrogen) atoms. The monoisotopic (exact) mass is 374 g/mol. The lowest BCUT2D eigenvalue weighted by Gasteiger charge is -2.17. The minimum absolute atomic E-state index is 0.0571. The van der Waals surface area contributed by atoms with Crippen molar-refractivity contribution in [2.75, 3.05) is 38.2 Å². The molecule has 0 bridgehead atoms. The molecule has 0 radical (unpaired) electrons. The van der Waals surface area contributed by atoms with Crippen LogP contribution in [0.4, 0.5) is 15.3 Å². The number of alkyl carbamates (subject to hydrolysis) is 2. The first kappa shape index (κ1) is 17.8. The van der Waals surface area contributed by atoms with Crippen molar-refractivity contribution in [1.29, 1.82) is 0 Å². The van der Waals surface area contributed by atoms with Gasteiger partial charge in [0, 0.05) is 18.5 Å². The van der Waals surface area contributed by atoms with Gasteiger partial charge in [-0.05, 0) is 24.1 Å². The van der Waals surface area contributed by atoms with Crippen LogP contribution in [-0.4, -0.2) is 57.5 Å². The van der Waals surface area contributed by atoms with Gasteiger partial charge in [0.25, 0.3) is 0 Å². The summed E-state index contributed by atoms with van der Waals surface area (Å²) in [5.74, 6) is 0.364. The molecule has 2 aliphatic heterocycles. The van der Waals surface area contributed by atoms with Gasteiger partial charge in [0.05, 0.1) is 38.7 Å². The van der Waals surface area contributed by atoms with E-state index in [2.05, 4.69) is 5.32 Å². The number of hydrogen-bond acceptors (Lipinski definition) is 5. The Bertz CT molecular complexity index is 780. The van der Waals surface area contributed by atoms with E-state index in [-0.39, 0.29) is 23.5 Å². The highest BCUT2D eigenvalue weighted by atomic mass is 16.6. The summed E-state index contributed by atoms with van der Waals surface area (Å²) in [6.07, 6.45) is 0.155. The maximum atomic E-state index is 12.1. The van der Waals surface area contributed by atoms with Crippen LogP contribution < -0.4 is 15.1 Å². The number of ether oxygens (including phenoxy) is 2. The Morgan fingerprint density at radius 3 is 2.78 bits per heavy atom. The Morgan fingerprint density at radius 2 is 2.11 bits per heavy atom. The van der Waals surface area contributed by atoms with E-state index in [0.29, 0.717) is 19.0 Å². The number of fused-ring (bicyclic) bond motifs is 1. The number of quaternary nitrogens is 1. The fourth-order valence-electron chi connectivity index (χ4n) is 4.44. The average Bonchev–Trinajstić information content (AvgIpc) is 3.03. The zero-order valence-corrected chi connectivity index (χ0v) is 15.5. The van der Waals surface area contributed by atoms with Crippen molar-refractivity contribution in [1.82, 2.24) is 5.32 Å². The number of likely N-dealkylation sites (tertiary alicyclic amines) is 1. The molecule has 3 unspecified atom stereocenters. The summed E-state index contributed by atoms with van der Waals surface area (Å²) in [6.45, 7) is 3.73. The Labute approximate surface area is 157 Å². The fourth-order valence-corrected chi connectivity index (χ4v) is 4.44. The molecule has 1 aliphatic carbocycles. The van der Waals surface area contributed by atoms with Crippen molar-refractivity contribution in [3.8, 4) is 0 Å². The molecule has 3 amide bonds. The number of rotatable bonds is 4. The minimum Gasteiger partial charge on any atom is -0.442 e. The van der Waals surface area contributed by atoms with Crippen LogP contribution in [0.2, 0.25) is 0 Å². The highest BCUT2D eigenvalue weighted by Crippen LogP contribution is 2.55. The van der Waals surface area contributed by atoms with E-state index in [0.717, 1.165) is 30.1 Å². The second-order valence-electron chi connectivity index (χ2n) is 7.63. The molecule has 8 nitrogen and oxygen atoms in total. The van der Waals surface area contributed by atoms with E-state index in [1.54, 1.807) is 4.90 Å². The third-order valence-corrected chi connectivity index (χ3v) is 5.93. The third kappa shape index (κ3) is 3.14. The number of benzene rings is 1. The maximum absolute atomic E-state index is 12.1. The quantitative estimate of drug-likeness (QED) is 0.779. The summed E-state index contributed by atoms with van der Waals surface area (Å²) in [4.78, 5) is 37.4. The maximum Gasteiger partial charge on any atom is 0.514 e.